The number of Topliss-reactive ketones (excluding diaryl/α,β-unsaturated/α-hetero) is 2. The molecule has 2 amide bonds. The number of aromatic hydroxyl groups is 1. The van der Waals surface area contributed by atoms with E-state index in [2.05, 4.69) is 5.32 Å². The SMILES string of the molecule is CCOC(=O)NCc1cc(N(C)C)c2c(c1O)C(O)=C1C(=O)[C@@]3(O)C(=O)C(C(N)=O)C(O)[C@H](N(C)C)[C@H]3C[C@H]1C2. The molecule has 0 aliphatic heterocycles. The number of amides is 2. The molecule has 218 valence electrons. The van der Waals surface area contributed by atoms with Gasteiger partial charge in [0.2, 0.25) is 11.7 Å². The molecule has 1 aromatic carbocycles. The van der Waals surface area contributed by atoms with E-state index in [4.69, 9.17) is 10.5 Å². The van der Waals surface area contributed by atoms with E-state index in [1.54, 1.807) is 51.0 Å². The minimum Gasteiger partial charge on any atom is -0.507 e. The normalized spacial score (nSPS) is 29.4. The number of likely N-dealkylation sites (N-methyl/N-ethyl adjacent to an activating group) is 1. The third-order valence-electron chi connectivity index (χ3n) is 8.32. The van der Waals surface area contributed by atoms with Crippen LogP contribution in [0.3, 0.4) is 0 Å². The number of alkyl carbamates (subject to hydrolysis) is 1. The van der Waals surface area contributed by atoms with Gasteiger partial charge in [0.05, 0.1) is 18.3 Å². The van der Waals surface area contributed by atoms with Crippen LogP contribution in [0.25, 0.3) is 5.76 Å². The maximum atomic E-state index is 14.0. The smallest absolute Gasteiger partial charge is 0.407 e. The number of aliphatic hydroxyl groups excluding tert-OH is 2. The lowest BCUT2D eigenvalue weighted by molar-refractivity contribution is -0.184. The number of hydrogen-bond acceptors (Lipinski definition) is 11. The van der Waals surface area contributed by atoms with Crippen LogP contribution in [0.4, 0.5) is 10.5 Å². The lowest BCUT2D eigenvalue weighted by Gasteiger charge is -2.53. The van der Waals surface area contributed by atoms with Gasteiger partial charge in [-0.1, -0.05) is 0 Å². The third kappa shape index (κ3) is 4.28. The number of ether oxygens (including phenoxy) is 1. The second-order valence-electron chi connectivity index (χ2n) is 11.0. The van der Waals surface area contributed by atoms with Crippen LogP contribution in [0.1, 0.15) is 30.0 Å². The van der Waals surface area contributed by atoms with Crippen molar-refractivity contribution in [1.82, 2.24) is 10.2 Å². The first-order valence-electron chi connectivity index (χ1n) is 13.0. The van der Waals surface area contributed by atoms with E-state index in [9.17, 15) is 39.6 Å². The Morgan fingerprint density at radius 2 is 1.85 bits per heavy atom. The van der Waals surface area contributed by atoms with Crippen molar-refractivity contribution in [1.29, 1.82) is 0 Å². The van der Waals surface area contributed by atoms with Crippen molar-refractivity contribution in [3.63, 3.8) is 0 Å². The first-order valence-corrected chi connectivity index (χ1v) is 13.0. The van der Waals surface area contributed by atoms with Crippen molar-refractivity contribution in [2.45, 2.75) is 44.1 Å². The van der Waals surface area contributed by atoms with Crippen LogP contribution >= 0.6 is 0 Å². The van der Waals surface area contributed by atoms with E-state index in [-0.39, 0.29) is 48.4 Å². The zero-order chi connectivity index (χ0) is 29.8. The number of hydrogen-bond donors (Lipinski definition) is 6. The van der Waals surface area contributed by atoms with Crippen molar-refractivity contribution in [2.24, 2.45) is 23.5 Å². The molecule has 3 aliphatic carbocycles. The van der Waals surface area contributed by atoms with Crippen LogP contribution in [0.15, 0.2) is 11.6 Å². The van der Waals surface area contributed by atoms with Crippen molar-refractivity contribution in [2.75, 3.05) is 39.7 Å². The number of carbonyl (C=O) groups excluding carboxylic acids is 4. The molecule has 0 aromatic heterocycles. The number of phenols is 1. The van der Waals surface area contributed by atoms with Crippen molar-refractivity contribution >= 4 is 35.0 Å². The average molecular weight is 561 g/mol. The Bertz CT molecular complexity index is 1310. The fourth-order valence-electron chi connectivity index (χ4n) is 6.59. The van der Waals surface area contributed by atoms with Crippen molar-refractivity contribution < 1.29 is 44.3 Å². The number of nitrogens with one attached hydrogen (secondary N) is 1. The molecule has 0 heterocycles. The number of nitrogens with two attached hydrogens (primary N) is 1. The number of fused-ring (bicyclic) bond motifs is 3. The topological polar surface area (TPSA) is 203 Å². The van der Waals surface area contributed by atoms with Gasteiger partial charge in [-0.25, -0.2) is 4.79 Å². The maximum Gasteiger partial charge on any atom is 0.407 e. The van der Waals surface area contributed by atoms with Gasteiger partial charge < -0.3 is 46.0 Å². The van der Waals surface area contributed by atoms with E-state index >= 15 is 0 Å². The first kappa shape index (κ1) is 29.3. The van der Waals surface area contributed by atoms with E-state index < -0.39 is 64.8 Å². The summed E-state index contributed by atoms with van der Waals surface area (Å²) in [7, 11) is 6.72. The summed E-state index contributed by atoms with van der Waals surface area (Å²) in [4.78, 5) is 54.8. The minimum absolute atomic E-state index is 0.0258. The molecule has 13 heteroatoms. The van der Waals surface area contributed by atoms with Gasteiger partial charge in [0.15, 0.2) is 11.4 Å². The summed E-state index contributed by atoms with van der Waals surface area (Å²) in [5.41, 5.74) is 3.77. The zero-order valence-electron chi connectivity index (χ0n) is 23.1. The molecule has 2 unspecified atom stereocenters. The number of benzene rings is 1. The second-order valence-corrected chi connectivity index (χ2v) is 11.0. The number of ketones is 2. The summed E-state index contributed by atoms with van der Waals surface area (Å²) in [5.74, 6) is -8.05. The second kappa shape index (κ2) is 10.4. The Hall–Kier alpha value is -3.68. The lowest BCUT2D eigenvalue weighted by Crippen LogP contribution is -2.73. The van der Waals surface area contributed by atoms with Gasteiger partial charge in [-0.3, -0.25) is 14.4 Å². The summed E-state index contributed by atoms with van der Waals surface area (Å²) < 4.78 is 4.87. The molecule has 0 radical (unpaired) electrons. The molecule has 0 bridgehead atoms. The number of anilines is 1. The van der Waals surface area contributed by atoms with Crippen molar-refractivity contribution in [3.8, 4) is 5.75 Å². The minimum atomic E-state index is -2.73. The maximum absolute atomic E-state index is 14.0. The molecular formula is C27H36N4O9. The van der Waals surface area contributed by atoms with Crippen LogP contribution in [-0.4, -0.2) is 101 Å². The van der Waals surface area contributed by atoms with E-state index in [1.165, 1.54) is 0 Å². The Labute approximate surface area is 231 Å². The molecule has 13 nitrogen and oxygen atoms in total. The molecule has 6 atom stereocenters. The fraction of sp³-hybridized carbons (Fsp3) is 0.556. The largest absolute Gasteiger partial charge is 0.507 e. The highest BCUT2D eigenvalue weighted by molar-refractivity contribution is 6.25. The van der Waals surface area contributed by atoms with E-state index in [1.807, 2.05) is 0 Å². The molecule has 2 saturated carbocycles. The summed E-state index contributed by atoms with van der Waals surface area (Å²) >= 11 is 0. The average Bonchev–Trinajstić information content (AvgIpc) is 2.85. The molecule has 0 saturated heterocycles. The lowest BCUT2D eigenvalue weighted by atomic mass is 9.54. The van der Waals surface area contributed by atoms with Crippen LogP contribution in [-0.2, 0) is 32.1 Å². The highest BCUT2D eigenvalue weighted by Crippen LogP contribution is 2.53. The number of aliphatic hydroxyl groups is 3. The first-order chi connectivity index (χ1) is 18.7. The molecule has 3 aliphatic rings. The van der Waals surface area contributed by atoms with Gasteiger partial charge in [0, 0.05) is 49.4 Å². The van der Waals surface area contributed by atoms with Crippen LogP contribution < -0.4 is 16.0 Å². The van der Waals surface area contributed by atoms with Gasteiger partial charge in [-0.15, -0.1) is 0 Å². The third-order valence-corrected chi connectivity index (χ3v) is 8.32. The van der Waals surface area contributed by atoms with Gasteiger partial charge in [-0.2, -0.15) is 0 Å². The van der Waals surface area contributed by atoms with Crippen LogP contribution in [0, 0.1) is 17.8 Å². The van der Waals surface area contributed by atoms with Gasteiger partial charge in [-0.05, 0) is 51.4 Å². The number of phenolic OH excluding ortho intramolecular Hbond substituents is 1. The fourth-order valence-corrected chi connectivity index (χ4v) is 6.59. The summed E-state index contributed by atoms with van der Waals surface area (Å²) in [5, 5.41) is 47.9. The van der Waals surface area contributed by atoms with E-state index in [0.29, 0.717) is 11.3 Å². The molecule has 4 rings (SSSR count). The number of primary amides is 1. The molecule has 40 heavy (non-hydrogen) atoms. The highest BCUT2D eigenvalue weighted by Gasteiger charge is 2.67. The Morgan fingerprint density at radius 1 is 1.20 bits per heavy atom. The Kier molecular flexibility index (Phi) is 7.60. The van der Waals surface area contributed by atoms with Crippen LogP contribution in [0.2, 0.25) is 0 Å². The van der Waals surface area contributed by atoms with Crippen molar-refractivity contribution in [3.05, 3.63) is 28.3 Å². The van der Waals surface area contributed by atoms with Gasteiger partial charge in [0.25, 0.3) is 0 Å². The van der Waals surface area contributed by atoms with Gasteiger partial charge >= 0.3 is 6.09 Å². The number of rotatable bonds is 6. The quantitative estimate of drug-likeness (QED) is 0.243. The molecule has 1 aromatic rings. The zero-order valence-corrected chi connectivity index (χ0v) is 23.1. The Balaban J connectivity index is 1.88. The Morgan fingerprint density at radius 3 is 2.40 bits per heavy atom. The molecular weight excluding hydrogens is 524 g/mol. The number of carbonyl (C=O) groups is 4. The number of nitrogens with zero attached hydrogens (tertiary/aromatic N) is 2. The molecule has 0 spiro atoms. The highest BCUT2D eigenvalue weighted by atomic mass is 16.5. The monoisotopic (exact) mass is 560 g/mol. The summed E-state index contributed by atoms with van der Waals surface area (Å²) in [6.07, 6.45) is -2.06. The summed E-state index contributed by atoms with van der Waals surface area (Å²) in [6.45, 7) is 1.64. The predicted molar refractivity (Wildman–Crippen MR) is 142 cm³/mol. The molecule has 7 N–H and O–H groups in total. The van der Waals surface area contributed by atoms with Gasteiger partial charge in [0.1, 0.15) is 17.4 Å². The summed E-state index contributed by atoms with van der Waals surface area (Å²) in [6, 6.07) is 0.695. The molecule has 2 fully saturated rings. The standard InChI is InChI=1S/C27H36N4O9/c1-6-40-26(38)29-10-12-9-15(30(2)3)13-7-11-8-14-19(31(4)5)22(34)18(25(28)37)24(36)27(14,39)23(35)16(11)21(33)17(13)20(12)32/h9,11,14,18-19,22,32-34,39H,6-8,10H2,1-5H3,(H2,28,37)(H,29,38)/t11-,14-,18?,19-,22?,27-/m1/s1. The predicted octanol–water partition coefficient (Wildman–Crippen LogP) is -0.559. The van der Waals surface area contributed by atoms with E-state index in [0.717, 1.165) is 0 Å². The van der Waals surface area contributed by atoms with Crippen LogP contribution in [0.5, 0.6) is 5.75 Å².